The van der Waals surface area contributed by atoms with Gasteiger partial charge in [0.25, 0.3) is 0 Å². The molecule has 1 N–H and O–H groups in total. The first-order valence-corrected chi connectivity index (χ1v) is 5.00. The van der Waals surface area contributed by atoms with Crippen molar-refractivity contribution in [2.24, 2.45) is 0 Å². The predicted molar refractivity (Wildman–Crippen MR) is 49.3 cm³/mol. The Bertz CT molecular complexity index is 343. The van der Waals surface area contributed by atoms with E-state index in [-0.39, 0.29) is 5.69 Å². The van der Waals surface area contributed by atoms with Crippen LogP contribution in [0.15, 0.2) is 4.52 Å². The molecule has 0 atom stereocenters. The second-order valence-corrected chi connectivity index (χ2v) is 3.65. The minimum atomic E-state index is -0.976. The third-order valence-electron chi connectivity index (χ3n) is 2.65. The number of rotatable bonds is 1. The molecular weight excluding hydrogens is 182 g/mol. The quantitative estimate of drug-likeness (QED) is 0.744. The van der Waals surface area contributed by atoms with Crippen molar-refractivity contribution in [1.82, 2.24) is 5.16 Å². The molecule has 1 aromatic rings. The number of aromatic nitrogens is 1. The zero-order valence-corrected chi connectivity index (χ0v) is 7.95. The van der Waals surface area contributed by atoms with E-state index >= 15 is 0 Å². The maximum absolute atomic E-state index is 10.8. The smallest absolute Gasteiger partial charge is 0.358 e. The summed E-state index contributed by atoms with van der Waals surface area (Å²) in [6, 6.07) is 0. The molecule has 14 heavy (non-hydrogen) atoms. The van der Waals surface area contributed by atoms with Gasteiger partial charge in [-0.2, -0.15) is 0 Å². The maximum Gasteiger partial charge on any atom is 0.358 e. The summed E-state index contributed by atoms with van der Waals surface area (Å²) in [5.74, 6) is -0.197. The lowest BCUT2D eigenvalue weighted by Gasteiger charge is -2.06. The van der Waals surface area contributed by atoms with Crippen molar-refractivity contribution in [2.45, 2.75) is 38.5 Å². The lowest BCUT2D eigenvalue weighted by Crippen LogP contribution is -2.04. The lowest BCUT2D eigenvalue weighted by atomic mass is 9.97. The number of nitrogens with zero attached hydrogens (tertiary/aromatic N) is 1. The van der Waals surface area contributed by atoms with E-state index in [1.165, 1.54) is 12.8 Å². The first-order valence-electron chi connectivity index (χ1n) is 5.00. The highest BCUT2D eigenvalue weighted by Gasteiger charge is 2.21. The Balaban J connectivity index is 2.33. The van der Waals surface area contributed by atoms with Crippen LogP contribution >= 0.6 is 0 Å². The molecule has 0 bridgehead atoms. The van der Waals surface area contributed by atoms with Crippen LogP contribution in [0.25, 0.3) is 0 Å². The number of hydrogen-bond donors (Lipinski definition) is 1. The number of carbonyl (C=O) groups is 1. The third-order valence-corrected chi connectivity index (χ3v) is 2.65. The molecule has 0 aliphatic heterocycles. The molecule has 4 nitrogen and oxygen atoms in total. The van der Waals surface area contributed by atoms with Crippen molar-refractivity contribution in [3.8, 4) is 0 Å². The Morgan fingerprint density at radius 2 is 1.93 bits per heavy atom. The van der Waals surface area contributed by atoms with Gasteiger partial charge in [0.15, 0.2) is 5.69 Å². The van der Waals surface area contributed by atoms with Crippen molar-refractivity contribution in [3.63, 3.8) is 0 Å². The van der Waals surface area contributed by atoms with Crippen LogP contribution in [0.1, 0.15) is 47.5 Å². The van der Waals surface area contributed by atoms with E-state index in [0.717, 1.165) is 37.0 Å². The summed E-state index contributed by atoms with van der Waals surface area (Å²) >= 11 is 0. The summed E-state index contributed by atoms with van der Waals surface area (Å²) in [6.45, 7) is 0. The van der Waals surface area contributed by atoms with Gasteiger partial charge in [-0.05, 0) is 19.3 Å². The van der Waals surface area contributed by atoms with Crippen LogP contribution in [0.5, 0.6) is 0 Å². The number of aromatic carboxylic acids is 1. The second kappa shape index (κ2) is 3.82. The fourth-order valence-corrected chi connectivity index (χ4v) is 1.91. The van der Waals surface area contributed by atoms with Crippen LogP contribution in [0.3, 0.4) is 0 Å². The Morgan fingerprint density at radius 1 is 1.21 bits per heavy atom. The average Bonchev–Trinajstić information content (AvgIpc) is 2.47. The van der Waals surface area contributed by atoms with Crippen molar-refractivity contribution >= 4 is 5.97 Å². The minimum Gasteiger partial charge on any atom is -0.476 e. The monoisotopic (exact) mass is 195 g/mol. The zero-order valence-electron chi connectivity index (χ0n) is 7.95. The Labute approximate surface area is 81.9 Å². The molecular formula is C10H13NO3. The lowest BCUT2D eigenvalue weighted by molar-refractivity contribution is 0.0684. The van der Waals surface area contributed by atoms with Gasteiger partial charge in [0.2, 0.25) is 0 Å². The number of carboxylic acid groups (broad SMARTS) is 1. The third kappa shape index (κ3) is 1.64. The first-order chi connectivity index (χ1) is 6.79. The predicted octanol–water partition coefficient (Wildman–Crippen LogP) is 2.03. The highest BCUT2D eigenvalue weighted by Crippen LogP contribution is 2.22. The number of fused-ring (bicyclic) bond motifs is 1. The van der Waals surface area contributed by atoms with E-state index in [0.29, 0.717) is 0 Å². The molecule has 1 aliphatic carbocycles. The van der Waals surface area contributed by atoms with E-state index in [2.05, 4.69) is 5.16 Å². The molecule has 2 rings (SSSR count). The van der Waals surface area contributed by atoms with Crippen LogP contribution < -0.4 is 0 Å². The summed E-state index contributed by atoms with van der Waals surface area (Å²) in [7, 11) is 0. The molecule has 76 valence electrons. The Hall–Kier alpha value is -1.32. The second-order valence-electron chi connectivity index (χ2n) is 3.65. The van der Waals surface area contributed by atoms with Gasteiger partial charge in [-0.25, -0.2) is 4.79 Å². The van der Waals surface area contributed by atoms with Gasteiger partial charge < -0.3 is 9.63 Å². The summed E-state index contributed by atoms with van der Waals surface area (Å²) in [5.41, 5.74) is 0.930. The first kappa shape index (κ1) is 9.24. The molecule has 0 saturated carbocycles. The van der Waals surface area contributed by atoms with Crippen LogP contribution in [0.2, 0.25) is 0 Å². The maximum atomic E-state index is 10.8. The van der Waals surface area contributed by atoms with E-state index in [4.69, 9.17) is 9.63 Å². The Morgan fingerprint density at radius 3 is 2.64 bits per heavy atom. The Kier molecular flexibility index (Phi) is 2.52. The molecule has 1 heterocycles. The molecule has 0 unspecified atom stereocenters. The largest absolute Gasteiger partial charge is 0.476 e. The van der Waals surface area contributed by atoms with E-state index in [9.17, 15) is 4.79 Å². The zero-order chi connectivity index (χ0) is 9.97. The van der Waals surface area contributed by atoms with E-state index in [1.54, 1.807) is 0 Å². The summed E-state index contributed by atoms with van der Waals surface area (Å²) in [4.78, 5) is 10.8. The van der Waals surface area contributed by atoms with Gasteiger partial charge in [-0.1, -0.05) is 18.0 Å². The standard InChI is InChI=1S/C10H13NO3/c12-10(13)9-7-5-3-1-2-4-6-8(7)14-11-9/h1-6H2,(H,12,13). The van der Waals surface area contributed by atoms with Crippen molar-refractivity contribution < 1.29 is 14.4 Å². The van der Waals surface area contributed by atoms with Gasteiger partial charge in [0, 0.05) is 12.0 Å². The summed E-state index contributed by atoms with van der Waals surface area (Å²) < 4.78 is 5.05. The van der Waals surface area contributed by atoms with Gasteiger partial charge in [-0.3, -0.25) is 0 Å². The van der Waals surface area contributed by atoms with E-state index < -0.39 is 5.97 Å². The molecule has 0 radical (unpaired) electrons. The summed E-state index contributed by atoms with van der Waals surface area (Å²) in [5, 5.41) is 12.5. The molecule has 1 aliphatic rings. The molecule has 0 aromatic carbocycles. The molecule has 0 saturated heterocycles. The van der Waals surface area contributed by atoms with E-state index in [1.807, 2.05) is 0 Å². The van der Waals surface area contributed by atoms with Gasteiger partial charge in [0.05, 0.1) is 0 Å². The fraction of sp³-hybridized carbons (Fsp3) is 0.600. The van der Waals surface area contributed by atoms with Crippen molar-refractivity contribution in [1.29, 1.82) is 0 Å². The summed E-state index contributed by atoms with van der Waals surface area (Å²) in [6.07, 6.45) is 6.10. The molecule has 4 heteroatoms. The van der Waals surface area contributed by atoms with Crippen LogP contribution in [0.4, 0.5) is 0 Å². The normalized spacial score (nSPS) is 16.9. The number of aryl methyl sites for hydroxylation is 1. The van der Waals surface area contributed by atoms with Crippen molar-refractivity contribution in [2.75, 3.05) is 0 Å². The highest BCUT2D eigenvalue weighted by molar-refractivity contribution is 5.87. The van der Waals surface area contributed by atoms with Crippen LogP contribution in [-0.2, 0) is 12.8 Å². The molecule has 1 aromatic heterocycles. The van der Waals surface area contributed by atoms with Gasteiger partial charge >= 0.3 is 5.97 Å². The molecule has 0 amide bonds. The van der Waals surface area contributed by atoms with Crippen LogP contribution in [0, 0.1) is 0 Å². The average molecular weight is 195 g/mol. The van der Waals surface area contributed by atoms with Crippen LogP contribution in [-0.4, -0.2) is 16.2 Å². The van der Waals surface area contributed by atoms with Gasteiger partial charge in [-0.15, -0.1) is 0 Å². The van der Waals surface area contributed by atoms with Crippen molar-refractivity contribution in [3.05, 3.63) is 17.0 Å². The van der Waals surface area contributed by atoms with Gasteiger partial charge in [0.1, 0.15) is 5.76 Å². The number of carboxylic acids is 1. The SMILES string of the molecule is O=C(O)c1noc2c1CCCCCC2. The number of hydrogen-bond acceptors (Lipinski definition) is 3. The molecule has 0 fully saturated rings. The highest BCUT2D eigenvalue weighted by atomic mass is 16.5. The molecule has 0 spiro atoms. The fourth-order valence-electron chi connectivity index (χ4n) is 1.91. The minimum absolute atomic E-state index is 0.113. The topological polar surface area (TPSA) is 63.3 Å².